The second-order valence-corrected chi connectivity index (χ2v) is 6.31. The van der Waals surface area contributed by atoms with Gasteiger partial charge in [0, 0.05) is 25.2 Å². The van der Waals surface area contributed by atoms with Crippen LogP contribution < -0.4 is 5.73 Å². The maximum atomic E-state index is 14.3. The first-order valence-electron chi connectivity index (χ1n) is 8.42. The van der Waals surface area contributed by atoms with E-state index in [1.807, 2.05) is 0 Å². The maximum absolute atomic E-state index is 14.3. The lowest BCUT2D eigenvalue weighted by atomic mass is 10.0. The molecular weight excluding hydrogens is 368 g/mol. The van der Waals surface area contributed by atoms with Crippen molar-refractivity contribution >= 4 is 17.6 Å². The Morgan fingerprint density at radius 3 is 2.71 bits per heavy atom. The zero-order valence-corrected chi connectivity index (χ0v) is 15.3. The van der Waals surface area contributed by atoms with Gasteiger partial charge in [0.15, 0.2) is 5.69 Å². The van der Waals surface area contributed by atoms with E-state index in [0.717, 1.165) is 0 Å². The number of hydrogen-bond acceptors (Lipinski definition) is 5. The number of carbonyl (C=O) groups excluding carboxylic acids is 2. The highest BCUT2D eigenvalue weighted by molar-refractivity contribution is 5.93. The molecule has 1 amide bonds. The topological polar surface area (TPSA) is 85.5 Å². The molecule has 144 valence electrons. The molecule has 0 spiro atoms. The molecule has 2 aromatic rings. The third-order valence-corrected chi connectivity index (χ3v) is 4.45. The average molecular weight is 385 g/mol. The quantitative estimate of drug-likeness (QED) is 0.633. The molecule has 1 aliphatic heterocycles. The molecule has 0 saturated carbocycles. The lowest BCUT2D eigenvalue weighted by molar-refractivity contribution is -0.128. The number of amides is 1. The number of rotatable bonds is 2. The summed E-state index contributed by atoms with van der Waals surface area (Å²) >= 11 is 0. The van der Waals surface area contributed by atoms with Crippen LogP contribution in [0.1, 0.15) is 22.5 Å². The van der Waals surface area contributed by atoms with Gasteiger partial charge in [-0.1, -0.05) is 11.8 Å². The smallest absolute Gasteiger partial charge is 0.358 e. The van der Waals surface area contributed by atoms with Gasteiger partial charge in [0.05, 0.1) is 24.1 Å². The van der Waals surface area contributed by atoms with E-state index in [1.54, 1.807) is 11.9 Å². The van der Waals surface area contributed by atoms with Crippen molar-refractivity contribution in [2.24, 2.45) is 5.92 Å². The number of hydrogen-bond donors (Lipinski definition) is 1. The molecule has 0 unspecified atom stereocenters. The van der Waals surface area contributed by atoms with Crippen LogP contribution in [0.3, 0.4) is 0 Å². The van der Waals surface area contributed by atoms with Crippen molar-refractivity contribution in [2.75, 3.05) is 26.4 Å². The molecule has 1 fully saturated rings. The van der Waals surface area contributed by atoms with Gasteiger partial charge in [0.1, 0.15) is 17.6 Å². The predicted octanol–water partition coefficient (Wildman–Crippen LogP) is 2.23. The fraction of sp³-hybridized carbons (Fsp3) is 0.250. The van der Waals surface area contributed by atoms with E-state index in [9.17, 15) is 18.4 Å². The number of esters is 1. The van der Waals surface area contributed by atoms with Crippen LogP contribution in [0.25, 0.3) is 11.3 Å². The van der Waals surface area contributed by atoms with Crippen molar-refractivity contribution in [2.45, 2.75) is 6.42 Å². The van der Waals surface area contributed by atoms with Crippen molar-refractivity contribution in [3.63, 3.8) is 0 Å². The molecule has 0 bridgehead atoms. The Bertz CT molecular complexity index is 1030. The normalized spacial score (nSPS) is 15.9. The Morgan fingerprint density at radius 2 is 2.07 bits per heavy atom. The number of nitrogens with zero attached hydrogens (tertiary/aromatic N) is 2. The van der Waals surface area contributed by atoms with Crippen molar-refractivity contribution < 1.29 is 23.1 Å². The number of benzene rings is 1. The number of ether oxygens (including phenoxy) is 1. The van der Waals surface area contributed by atoms with Crippen molar-refractivity contribution in [1.82, 2.24) is 9.88 Å². The molecule has 0 aliphatic carbocycles. The molecule has 1 aromatic carbocycles. The summed E-state index contributed by atoms with van der Waals surface area (Å²) < 4.78 is 33.1. The number of nitrogen functional groups attached to an aromatic ring is 1. The minimum Gasteiger partial charge on any atom is -0.464 e. The molecule has 1 saturated heterocycles. The first-order valence-corrected chi connectivity index (χ1v) is 8.42. The highest BCUT2D eigenvalue weighted by Gasteiger charge is 2.27. The fourth-order valence-electron chi connectivity index (χ4n) is 2.84. The molecule has 1 aromatic heterocycles. The van der Waals surface area contributed by atoms with Crippen LogP contribution >= 0.6 is 0 Å². The molecule has 28 heavy (non-hydrogen) atoms. The second-order valence-electron chi connectivity index (χ2n) is 6.31. The summed E-state index contributed by atoms with van der Waals surface area (Å²) in [6.07, 6.45) is 0.556. The number of halogens is 2. The van der Waals surface area contributed by atoms with Gasteiger partial charge in [-0.25, -0.2) is 18.6 Å². The highest BCUT2D eigenvalue weighted by Crippen LogP contribution is 2.26. The largest absolute Gasteiger partial charge is 0.464 e. The van der Waals surface area contributed by atoms with Crippen LogP contribution in [0.2, 0.25) is 0 Å². The number of likely N-dealkylation sites (tertiary alicyclic amines) is 1. The summed E-state index contributed by atoms with van der Waals surface area (Å²) in [5, 5.41) is 0. The summed E-state index contributed by atoms with van der Waals surface area (Å²) in [6.45, 7) is 0.584. The Morgan fingerprint density at radius 1 is 1.32 bits per heavy atom. The lowest BCUT2D eigenvalue weighted by Gasteiger charge is -2.08. The first kappa shape index (κ1) is 19.3. The van der Waals surface area contributed by atoms with Crippen molar-refractivity contribution in [3.8, 4) is 23.1 Å². The minimum atomic E-state index is -0.868. The molecule has 2 heterocycles. The Balaban J connectivity index is 2.02. The van der Waals surface area contributed by atoms with Crippen LogP contribution in [-0.4, -0.2) is 42.5 Å². The van der Waals surface area contributed by atoms with Gasteiger partial charge in [-0.15, -0.1) is 0 Å². The van der Waals surface area contributed by atoms with E-state index in [4.69, 9.17) is 5.73 Å². The first-order chi connectivity index (χ1) is 13.3. The van der Waals surface area contributed by atoms with Gasteiger partial charge < -0.3 is 15.4 Å². The van der Waals surface area contributed by atoms with Gasteiger partial charge in [-0.05, 0) is 24.6 Å². The zero-order valence-electron chi connectivity index (χ0n) is 15.3. The number of pyridine rings is 1. The predicted molar refractivity (Wildman–Crippen MR) is 98.0 cm³/mol. The van der Waals surface area contributed by atoms with E-state index in [-0.39, 0.29) is 34.1 Å². The SMILES string of the molecule is COC(=O)c1nc(-c2cc(C#C[C@@H]3CCN(C)C3=O)c(F)cc2F)ccc1N. The van der Waals surface area contributed by atoms with E-state index in [1.165, 1.54) is 25.3 Å². The van der Waals surface area contributed by atoms with Crippen LogP contribution in [0.4, 0.5) is 14.5 Å². The van der Waals surface area contributed by atoms with E-state index in [2.05, 4.69) is 21.6 Å². The summed E-state index contributed by atoms with van der Waals surface area (Å²) in [5.74, 6) is 2.23. The fourth-order valence-corrected chi connectivity index (χ4v) is 2.84. The molecular formula is C20H17F2N3O3. The van der Waals surface area contributed by atoms with Crippen LogP contribution in [0.5, 0.6) is 0 Å². The molecule has 8 heteroatoms. The van der Waals surface area contributed by atoms with Gasteiger partial charge in [-0.3, -0.25) is 4.79 Å². The average Bonchev–Trinajstić information content (AvgIpc) is 2.99. The van der Waals surface area contributed by atoms with Crippen molar-refractivity contribution in [3.05, 3.63) is 47.2 Å². The van der Waals surface area contributed by atoms with Gasteiger partial charge >= 0.3 is 5.97 Å². The number of aromatic nitrogens is 1. The third-order valence-electron chi connectivity index (χ3n) is 4.45. The number of methoxy groups -OCH3 is 1. The third kappa shape index (κ3) is 3.64. The number of carbonyl (C=O) groups is 2. The number of anilines is 1. The van der Waals surface area contributed by atoms with E-state index < -0.39 is 23.5 Å². The van der Waals surface area contributed by atoms with Crippen LogP contribution in [-0.2, 0) is 9.53 Å². The van der Waals surface area contributed by atoms with Gasteiger partial charge in [0.25, 0.3) is 0 Å². The Labute approximate surface area is 160 Å². The monoisotopic (exact) mass is 385 g/mol. The summed E-state index contributed by atoms with van der Waals surface area (Å²) in [5.41, 5.74) is 5.56. The molecule has 2 N–H and O–H groups in total. The lowest BCUT2D eigenvalue weighted by Crippen LogP contribution is -2.21. The van der Waals surface area contributed by atoms with E-state index >= 15 is 0 Å². The maximum Gasteiger partial charge on any atom is 0.358 e. The summed E-state index contributed by atoms with van der Waals surface area (Å²) in [4.78, 5) is 29.3. The summed E-state index contributed by atoms with van der Waals surface area (Å²) in [6, 6.07) is 4.68. The number of nitrogens with two attached hydrogens (primary N) is 1. The van der Waals surface area contributed by atoms with Crippen molar-refractivity contribution in [1.29, 1.82) is 0 Å². The van der Waals surface area contributed by atoms with Crippen LogP contribution in [0, 0.1) is 29.4 Å². The Hall–Kier alpha value is -3.47. The molecule has 1 aliphatic rings. The van der Waals surface area contributed by atoms with E-state index in [0.29, 0.717) is 19.0 Å². The molecule has 1 atom stereocenters. The minimum absolute atomic E-state index is 0.0503. The standard InChI is InChI=1S/C20H17F2N3O3/c1-25-8-7-11(19(25)26)3-4-12-9-13(15(22)10-14(12)21)17-6-5-16(23)18(24-17)20(27)28-2/h5-6,9-11H,7-8,23H2,1-2H3/t11-/m1/s1. The van der Waals surface area contributed by atoms with Crippen LogP contribution in [0.15, 0.2) is 24.3 Å². The van der Waals surface area contributed by atoms with Gasteiger partial charge in [-0.2, -0.15) is 0 Å². The second kappa shape index (κ2) is 7.64. The van der Waals surface area contributed by atoms with Gasteiger partial charge in [0.2, 0.25) is 5.91 Å². The highest BCUT2D eigenvalue weighted by atomic mass is 19.1. The summed E-state index contributed by atoms with van der Waals surface area (Å²) in [7, 11) is 2.84. The molecule has 0 radical (unpaired) electrons. The molecule has 3 rings (SSSR count). The zero-order chi connectivity index (χ0) is 20.4. The molecule has 6 nitrogen and oxygen atoms in total. The Kier molecular flexibility index (Phi) is 5.27.